The van der Waals surface area contributed by atoms with Gasteiger partial charge in [-0.1, -0.05) is 6.07 Å². The number of ether oxygens (including phenoxy) is 2. The number of ketones is 1. The van der Waals surface area contributed by atoms with E-state index in [9.17, 15) is 22.8 Å². The number of fused-ring (bicyclic) bond motifs is 1. The number of hydrogen-bond acceptors (Lipinski definition) is 4. The van der Waals surface area contributed by atoms with Crippen molar-refractivity contribution in [2.75, 3.05) is 32.8 Å². The summed E-state index contributed by atoms with van der Waals surface area (Å²) in [5.41, 5.74) is -0.735. The highest BCUT2D eigenvalue weighted by atomic mass is 19.4. The lowest BCUT2D eigenvalue weighted by molar-refractivity contribution is -0.140. The fourth-order valence-electron chi connectivity index (χ4n) is 4.45. The molecule has 0 saturated carbocycles. The van der Waals surface area contributed by atoms with Gasteiger partial charge in [0.15, 0.2) is 5.78 Å². The number of carbonyl (C=O) groups is 2. The maximum Gasteiger partial charge on any atom is 0.416 e. The van der Waals surface area contributed by atoms with Gasteiger partial charge >= 0.3 is 12.2 Å². The van der Waals surface area contributed by atoms with Crippen molar-refractivity contribution in [3.8, 4) is 5.75 Å². The molecule has 30 heavy (non-hydrogen) atoms. The van der Waals surface area contributed by atoms with Crippen LogP contribution in [-0.4, -0.2) is 66.6 Å². The first-order valence-corrected chi connectivity index (χ1v) is 10.3. The number of Topliss-reactive ketones (excluding diaryl/α,β-unsaturated/α-hetero) is 1. The van der Waals surface area contributed by atoms with E-state index in [4.69, 9.17) is 9.47 Å². The van der Waals surface area contributed by atoms with E-state index in [1.807, 2.05) is 0 Å². The number of halogens is 3. The molecule has 1 aromatic carbocycles. The molecule has 0 aromatic heterocycles. The second-order valence-electron chi connectivity index (χ2n) is 8.20. The third kappa shape index (κ3) is 4.71. The quantitative estimate of drug-likeness (QED) is 0.728. The van der Waals surface area contributed by atoms with Gasteiger partial charge in [-0.25, -0.2) is 4.79 Å². The summed E-state index contributed by atoms with van der Waals surface area (Å²) in [6, 6.07) is 4.83. The van der Waals surface area contributed by atoms with Gasteiger partial charge in [0.05, 0.1) is 11.7 Å². The molecule has 1 aromatic rings. The van der Waals surface area contributed by atoms with Crippen molar-refractivity contribution in [3.05, 3.63) is 29.8 Å². The SMILES string of the molecule is O=C1CO[C@H]2CCN(C(=O)N3CCC(Oc4cccc(C(F)(F)F)c4)CC3)C[C@H]2C1. The minimum atomic E-state index is -4.41. The molecule has 0 N–H and O–H groups in total. The molecular weight excluding hydrogens is 401 g/mol. The summed E-state index contributed by atoms with van der Waals surface area (Å²) < 4.78 is 49.9. The Bertz CT molecular complexity index is 793. The van der Waals surface area contributed by atoms with Gasteiger partial charge in [0, 0.05) is 51.4 Å². The fraction of sp³-hybridized carbons (Fsp3) is 0.619. The van der Waals surface area contributed by atoms with E-state index >= 15 is 0 Å². The van der Waals surface area contributed by atoms with Gasteiger partial charge in [0.25, 0.3) is 0 Å². The molecule has 0 radical (unpaired) electrons. The monoisotopic (exact) mass is 426 g/mol. The number of likely N-dealkylation sites (tertiary alicyclic amines) is 2. The standard InChI is InChI=1S/C21H25F3N2O4/c22-21(23,24)15-2-1-3-18(11-15)30-17-4-7-25(8-5-17)20(28)26-9-6-19-14(12-26)10-16(27)13-29-19/h1-3,11,14,17,19H,4-10,12-13H2/t14-,19+/m1/s1. The molecule has 164 valence electrons. The Morgan fingerprint density at radius 1 is 1.10 bits per heavy atom. The van der Waals surface area contributed by atoms with Crippen LogP contribution in [0.5, 0.6) is 5.75 Å². The Morgan fingerprint density at radius 2 is 1.83 bits per heavy atom. The van der Waals surface area contributed by atoms with E-state index in [0.29, 0.717) is 45.4 Å². The highest BCUT2D eigenvalue weighted by Crippen LogP contribution is 2.32. The van der Waals surface area contributed by atoms with Gasteiger partial charge in [0.2, 0.25) is 0 Å². The first-order chi connectivity index (χ1) is 14.3. The number of hydrogen-bond donors (Lipinski definition) is 0. The summed E-state index contributed by atoms with van der Waals surface area (Å²) in [4.78, 5) is 28.1. The topological polar surface area (TPSA) is 59.1 Å². The van der Waals surface area contributed by atoms with Gasteiger partial charge < -0.3 is 19.3 Å². The van der Waals surface area contributed by atoms with Crippen LogP contribution >= 0.6 is 0 Å². The van der Waals surface area contributed by atoms with Gasteiger partial charge in [-0.2, -0.15) is 13.2 Å². The first kappa shape index (κ1) is 21.0. The predicted molar refractivity (Wildman–Crippen MR) is 101 cm³/mol. The Labute approximate surface area is 172 Å². The van der Waals surface area contributed by atoms with E-state index in [-0.39, 0.29) is 42.3 Å². The molecule has 0 bridgehead atoms. The lowest BCUT2D eigenvalue weighted by Crippen LogP contribution is -2.55. The van der Waals surface area contributed by atoms with Gasteiger partial charge in [0.1, 0.15) is 18.5 Å². The number of piperidine rings is 2. The Balaban J connectivity index is 1.28. The number of carbonyl (C=O) groups excluding carboxylic acids is 2. The Morgan fingerprint density at radius 3 is 2.57 bits per heavy atom. The zero-order valence-electron chi connectivity index (χ0n) is 16.6. The van der Waals surface area contributed by atoms with E-state index in [1.165, 1.54) is 12.1 Å². The van der Waals surface area contributed by atoms with E-state index < -0.39 is 11.7 Å². The first-order valence-electron chi connectivity index (χ1n) is 10.3. The van der Waals surface area contributed by atoms with Crippen LogP contribution in [0.4, 0.5) is 18.0 Å². The van der Waals surface area contributed by atoms with Gasteiger partial charge in [-0.15, -0.1) is 0 Å². The van der Waals surface area contributed by atoms with Crippen molar-refractivity contribution >= 4 is 11.8 Å². The highest BCUT2D eigenvalue weighted by Gasteiger charge is 2.38. The summed E-state index contributed by atoms with van der Waals surface area (Å²) in [6.07, 6.45) is -2.27. The minimum absolute atomic E-state index is 0.0519. The third-order valence-electron chi connectivity index (χ3n) is 6.06. The minimum Gasteiger partial charge on any atom is -0.490 e. The van der Waals surface area contributed by atoms with Crippen molar-refractivity contribution in [1.29, 1.82) is 0 Å². The van der Waals surface area contributed by atoms with Crippen LogP contribution in [-0.2, 0) is 15.7 Å². The number of nitrogens with zero attached hydrogens (tertiary/aromatic N) is 2. The Kier molecular flexibility index (Phi) is 5.90. The molecule has 6 nitrogen and oxygen atoms in total. The summed E-state index contributed by atoms with van der Waals surface area (Å²) >= 11 is 0. The fourth-order valence-corrected chi connectivity index (χ4v) is 4.45. The van der Waals surface area contributed by atoms with E-state index in [0.717, 1.165) is 18.6 Å². The van der Waals surface area contributed by atoms with Crippen LogP contribution in [0.3, 0.4) is 0 Å². The molecule has 3 aliphatic rings. The number of urea groups is 1. The maximum absolute atomic E-state index is 12.9. The molecule has 2 atom stereocenters. The molecule has 3 aliphatic heterocycles. The number of rotatable bonds is 2. The summed E-state index contributed by atoms with van der Waals surface area (Å²) in [5.74, 6) is 0.336. The van der Waals surface area contributed by atoms with Crippen molar-refractivity contribution in [1.82, 2.24) is 9.80 Å². The number of alkyl halides is 3. The van der Waals surface area contributed by atoms with Crippen molar-refractivity contribution in [3.63, 3.8) is 0 Å². The summed E-state index contributed by atoms with van der Waals surface area (Å²) in [6.45, 7) is 2.28. The second-order valence-corrected chi connectivity index (χ2v) is 8.20. The Hall–Kier alpha value is -2.29. The predicted octanol–water partition coefficient (Wildman–Crippen LogP) is 3.35. The molecule has 3 heterocycles. The van der Waals surface area contributed by atoms with Crippen LogP contribution in [0, 0.1) is 5.92 Å². The number of amides is 2. The molecule has 0 spiro atoms. The molecule has 0 aliphatic carbocycles. The molecule has 4 rings (SSSR count). The van der Waals surface area contributed by atoms with E-state index in [1.54, 1.807) is 9.80 Å². The van der Waals surface area contributed by atoms with Gasteiger partial charge in [-0.05, 0) is 24.6 Å². The van der Waals surface area contributed by atoms with E-state index in [2.05, 4.69) is 0 Å². The molecule has 9 heteroatoms. The lowest BCUT2D eigenvalue weighted by Gasteiger charge is -2.43. The van der Waals surface area contributed by atoms with Crippen LogP contribution < -0.4 is 4.74 Å². The van der Waals surface area contributed by atoms with Crippen molar-refractivity contribution in [2.24, 2.45) is 5.92 Å². The molecule has 3 fully saturated rings. The van der Waals surface area contributed by atoms with Crippen LogP contribution in [0.2, 0.25) is 0 Å². The smallest absolute Gasteiger partial charge is 0.416 e. The number of benzene rings is 1. The molecule has 3 saturated heterocycles. The van der Waals surface area contributed by atoms with Crippen LogP contribution in [0.1, 0.15) is 31.2 Å². The lowest BCUT2D eigenvalue weighted by atomic mass is 9.88. The van der Waals surface area contributed by atoms with Crippen molar-refractivity contribution in [2.45, 2.75) is 44.1 Å². The van der Waals surface area contributed by atoms with Gasteiger partial charge in [-0.3, -0.25) is 4.79 Å². The zero-order chi connectivity index (χ0) is 21.3. The van der Waals surface area contributed by atoms with Crippen molar-refractivity contribution < 1.29 is 32.2 Å². The molecule has 2 amide bonds. The average molecular weight is 426 g/mol. The molecular formula is C21H25F3N2O4. The summed E-state index contributed by atoms with van der Waals surface area (Å²) in [7, 11) is 0. The van der Waals surface area contributed by atoms with Crippen LogP contribution in [0.15, 0.2) is 24.3 Å². The highest BCUT2D eigenvalue weighted by molar-refractivity contribution is 5.81. The van der Waals surface area contributed by atoms with Crippen LogP contribution in [0.25, 0.3) is 0 Å². The third-order valence-corrected chi connectivity index (χ3v) is 6.06. The summed E-state index contributed by atoms with van der Waals surface area (Å²) in [5, 5.41) is 0. The second kappa shape index (κ2) is 8.45. The maximum atomic E-state index is 12.9. The zero-order valence-corrected chi connectivity index (χ0v) is 16.6. The molecule has 0 unspecified atom stereocenters. The largest absolute Gasteiger partial charge is 0.490 e. The average Bonchev–Trinajstić information content (AvgIpc) is 2.73. The normalized spacial score (nSPS) is 25.8.